The van der Waals surface area contributed by atoms with Gasteiger partial charge in [0.05, 0.1) is 6.17 Å². The molecule has 0 bridgehead atoms. The molecule has 5 heteroatoms. The maximum absolute atomic E-state index is 5.60. The molecule has 0 amide bonds. The maximum Gasteiger partial charge on any atom is 0.0595 e. The van der Waals surface area contributed by atoms with Gasteiger partial charge in [-0.2, -0.15) is 0 Å². The molecule has 0 aromatic heterocycles. The molecule has 2 aliphatic rings. The number of rotatable bonds is 4. The number of hydrogen-bond donors (Lipinski definition) is 2. The Hall–Kier alpha value is -0.200. The molecular weight excluding hydrogens is 214 g/mol. The summed E-state index contributed by atoms with van der Waals surface area (Å²) in [7, 11) is 0. The predicted molar refractivity (Wildman–Crippen MR) is 71.0 cm³/mol. The lowest BCUT2D eigenvalue weighted by atomic mass is 10.2. The normalized spacial score (nSPS) is 27.2. The second-order valence-electron chi connectivity index (χ2n) is 5.08. The monoisotopic (exact) mass is 241 g/mol. The molecule has 3 N–H and O–H groups in total. The number of hydrogen-bond acceptors (Lipinski definition) is 5. The Morgan fingerprint density at radius 3 is 2.18 bits per heavy atom. The van der Waals surface area contributed by atoms with Crippen molar-refractivity contribution in [3.63, 3.8) is 0 Å². The fourth-order valence-electron chi connectivity index (χ4n) is 2.83. The van der Waals surface area contributed by atoms with E-state index >= 15 is 0 Å². The first-order chi connectivity index (χ1) is 8.31. The quantitative estimate of drug-likeness (QED) is 0.648. The minimum Gasteiger partial charge on any atom is -0.329 e. The molecule has 2 fully saturated rings. The fraction of sp³-hybridized carbons (Fsp3) is 1.00. The molecule has 0 aromatic rings. The average Bonchev–Trinajstić information content (AvgIpc) is 2.40. The van der Waals surface area contributed by atoms with Crippen LogP contribution in [0.25, 0.3) is 0 Å². The van der Waals surface area contributed by atoms with Gasteiger partial charge in [-0.05, 0) is 6.92 Å². The summed E-state index contributed by atoms with van der Waals surface area (Å²) in [4.78, 5) is 7.68. The van der Waals surface area contributed by atoms with Crippen molar-refractivity contribution in [2.24, 2.45) is 5.73 Å². The standard InChI is InChI=1S/C12H27N5/c1-12(16-6-3-14-4-7-16)17-10-8-15(5-2-13)9-11-17/h12,14H,2-11,13H2,1H3. The number of nitrogens with two attached hydrogens (primary N) is 1. The lowest BCUT2D eigenvalue weighted by molar-refractivity contribution is 0.0125. The van der Waals surface area contributed by atoms with Gasteiger partial charge < -0.3 is 11.1 Å². The zero-order valence-corrected chi connectivity index (χ0v) is 11.1. The Morgan fingerprint density at radius 2 is 1.59 bits per heavy atom. The van der Waals surface area contributed by atoms with Gasteiger partial charge in [0, 0.05) is 65.4 Å². The molecule has 0 aliphatic carbocycles. The van der Waals surface area contributed by atoms with Gasteiger partial charge in [-0.15, -0.1) is 0 Å². The third-order valence-corrected chi connectivity index (χ3v) is 4.06. The Labute approximate surface area is 105 Å². The summed E-state index contributed by atoms with van der Waals surface area (Å²) >= 11 is 0. The molecule has 2 rings (SSSR count). The van der Waals surface area contributed by atoms with E-state index in [1.54, 1.807) is 0 Å². The third-order valence-electron chi connectivity index (χ3n) is 4.06. The van der Waals surface area contributed by atoms with Crippen LogP contribution in [0.15, 0.2) is 0 Å². The minimum absolute atomic E-state index is 0.595. The zero-order chi connectivity index (χ0) is 12.1. The van der Waals surface area contributed by atoms with Crippen molar-refractivity contribution >= 4 is 0 Å². The van der Waals surface area contributed by atoms with Crippen molar-refractivity contribution in [3.8, 4) is 0 Å². The van der Waals surface area contributed by atoms with Crippen LogP contribution in [0.1, 0.15) is 6.92 Å². The second-order valence-corrected chi connectivity index (χ2v) is 5.08. The first-order valence-electron chi connectivity index (χ1n) is 6.92. The molecular formula is C12H27N5. The lowest BCUT2D eigenvalue weighted by Crippen LogP contribution is -2.58. The minimum atomic E-state index is 0.595. The molecule has 5 nitrogen and oxygen atoms in total. The van der Waals surface area contributed by atoms with Gasteiger partial charge in [0.2, 0.25) is 0 Å². The van der Waals surface area contributed by atoms with E-state index in [-0.39, 0.29) is 0 Å². The van der Waals surface area contributed by atoms with Gasteiger partial charge in [0.1, 0.15) is 0 Å². The van der Waals surface area contributed by atoms with Crippen LogP contribution in [-0.4, -0.2) is 86.3 Å². The van der Waals surface area contributed by atoms with E-state index in [1.807, 2.05) is 0 Å². The van der Waals surface area contributed by atoms with E-state index in [0.29, 0.717) is 6.17 Å². The second kappa shape index (κ2) is 6.66. The van der Waals surface area contributed by atoms with Gasteiger partial charge in [-0.3, -0.25) is 14.7 Å². The van der Waals surface area contributed by atoms with E-state index in [1.165, 1.54) is 39.3 Å². The van der Waals surface area contributed by atoms with Gasteiger partial charge in [0.15, 0.2) is 0 Å². The molecule has 100 valence electrons. The number of nitrogens with one attached hydrogen (secondary N) is 1. The van der Waals surface area contributed by atoms with Gasteiger partial charge in [0.25, 0.3) is 0 Å². The van der Waals surface area contributed by atoms with Gasteiger partial charge >= 0.3 is 0 Å². The van der Waals surface area contributed by atoms with Crippen LogP contribution in [0.5, 0.6) is 0 Å². The number of nitrogens with zero attached hydrogens (tertiary/aromatic N) is 3. The van der Waals surface area contributed by atoms with E-state index in [0.717, 1.165) is 26.2 Å². The molecule has 0 saturated carbocycles. The van der Waals surface area contributed by atoms with E-state index in [2.05, 4.69) is 26.9 Å². The molecule has 1 atom stereocenters. The molecule has 1 unspecified atom stereocenters. The van der Waals surface area contributed by atoms with Crippen LogP contribution in [0.3, 0.4) is 0 Å². The topological polar surface area (TPSA) is 47.8 Å². The van der Waals surface area contributed by atoms with Crippen molar-refractivity contribution in [1.82, 2.24) is 20.0 Å². The highest BCUT2D eigenvalue weighted by atomic mass is 15.4. The van der Waals surface area contributed by atoms with E-state index < -0.39 is 0 Å². The summed E-state index contributed by atoms with van der Waals surface area (Å²) in [6, 6.07) is 0. The summed E-state index contributed by atoms with van der Waals surface area (Å²) in [5.74, 6) is 0. The highest BCUT2D eigenvalue weighted by Crippen LogP contribution is 2.10. The first-order valence-corrected chi connectivity index (χ1v) is 6.92. The van der Waals surface area contributed by atoms with Crippen molar-refractivity contribution in [3.05, 3.63) is 0 Å². The highest BCUT2D eigenvalue weighted by molar-refractivity contribution is 4.79. The summed E-state index contributed by atoms with van der Waals surface area (Å²) in [5, 5.41) is 3.41. The van der Waals surface area contributed by atoms with Crippen molar-refractivity contribution in [2.75, 3.05) is 65.4 Å². The van der Waals surface area contributed by atoms with Gasteiger partial charge in [-0.25, -0.2) is 0 Å². The van der Waals surface area contributed by atoms with Crippen molar-refractivity contribution in [1.29, 1.82) is 0 Å². The highest BCUT2D eigenvalue weighted by Gasteiger charge is 2.25. The predicted octanol–water partition coefficient (Wildman–Crippen LogP) is -1.19. The molecule has 0 radical (unpaired) electrons. The van der Waals surface area contributed by atoms with Crippen molar-refractivity contribution < 1.29 is 0 Å². The summed E-state index contributed by atoms with van der Waals surface area (Å²) < 4.78 is 0. The molecule has 17 heavy (non-hydrogen) atoms. The van der Waals surface area contributed by atoms with Crippen LogP contribution in [0, 0.1) is 0 Å². The Morgan fingerprint density at radius 1 is 1.00 bits per heavy atom. The molecule has 2 saturated heterocycles. The summed E-state index contributed by atoms with van der Waals surface area (Å²) in [6.07, 6.45) is 0.595. The SMILES string of the molecule is CC(N1CCNCC1)N1CCN(CCN)CC1. The molecule has 2 aliphatic heterocycles. The van der Waals surface area contributed by atoms with E-state index in [4.69, 9.17) is 5.73 Å². The Kier molecular flexibility index (Phi) is 5.18. The van der Waals surface area contributed by atoms with Gasteiger partial charge in [-0.1, -0.05) is 0 Å². The fourth-order valence-corrected chi connectivity index (χ4v) is 2.83. The van der Waals surface area contributed by atoms with Crippen LogP contribution < -0.4 is 11.1 Å². The summed E-state index contributed by atoms with van der Waals surface area (Å²) in [6.45, 7) is 13.5. The smallest absolute Gasteiger partial charge is 0.0595 e. The maximum atomic E-state index is 5.60. The molecule has 2 heterocycles. The van der Waals surface area contributed by atoms with Crippen LogP contribution in [0.2, 0.25) is 0 Å². The largest absolute Gasteiger partial charge is 0.329 e. The van der Waals surface area contributed by atoms with Crippen LogP contribution in [0.4, 0.5) is 0 Å². The number of piperazine rings is 2. The van der Waals surface area contributed by atoms with Crippen LogP contribution in [-0.2, 0) is 0 Å². The molecule has 0 spiro atoms. The third kappa shape index (κ3) is 3.63. The average molecular weight is 241 g/mol. The van der Waals surface area contributed by atoms with E-state index in [9.17, 15) is 0 Å². The zero-order valence-electron chi connectivity index (χ0n) is 11.1. The summed E-state index contributed by atoms with van der Waals surface area (Å²) in [5.41, 5.74) is 5.60. The first kappa shape index (κ1) is 13.2. The van der Waals surface area contributed by atoms with Crippen molar-refractivity contribution in [2.45, 2.75) is 13.1 Å². The van der Waals surface area contributed by atoms with Crippen LogP contribution >= 0.6 is 0 Å². The molecule has 0 aromatic carbocycles. The lowest BCUT2D eigenvalue weighted by Gasteiger charge is -2.43. The Balaban J connectivity index is 1.75. The Bertz CT molecular complexity index is 209.